The van der Waals surface area contributed by atoms with Gasteiger partial charge in [-0.3, -0.25) is 0 Å². The van der Waals surface area contributed by atoms with Crippen molar-refractivity contribution in [3.8, 4) is 0 Å². The number of carbonyl (C=O) groups is 1. The molecule has 0 aromatic rings. The van der Waals surface area contributed by atoms with Gasteiger partial charge in [0.2, 0.25) is 0 Å². The average molecular weight is 1010 g/mol. The summed E-state index contributed by atoms with van der Waals surface area (Å²) < 4.78 is 42.5. The molecule has 0 radical (unpaired) electrons. The van der Waals surface area contributed by atoms with Gasteiger partial charge in [-0.25, -0.2) is 0 Å². The van der Waals surface area contributed by atoms with Crippen molar-refractivity contribution in [2.24, 2.45) is 19.1 Å². The van der Waals surface area contributed by atoms with Gasteiger partial charge in [-0.1, -0.05) is 0 Å². The Balaban J connectivity index is 2.71. The second kappa shape index (κ2) is 20.9. The summed E-state index contributed by atoms with van der Waals surface area (Å²) in [5.74, 6) is -0.495. The van der Waals surface area contributed by atoms with Gasteiger partial charge in [0.1, 0.15) is 0 Å². The summed E-state index contributed by atoms with van der Waals surface area (Å²) in [7, 11) is 41.9. The summed E-state index contributed by atoms with van der Waals surface area (Å²) in [6, 6.07) is 0. The molecule has 4 unspecified atom stereocenters. The third-order valence-electron chi connectivity index (χ3n) is 14.3. The van der Waals surface area contributed by atoms with Gasteiger partial charge in [-0.15, -0.1) is 0 Å². The zero-order chi connectivity index (χ0) is 49.8. The van der Waals surface area contributed by atoms with Crippen molar-refractivity contribution in [3.05, 3.63) is 0 Å². The molecular formula is C42H91N16O2P5. The van der Waals surface area contributed by atoms with Crippen LogP contribution in [-0.4, -0.2) is 302 Å². The van der Waals surface area contributed by atoms with Crippen LogP contribution < -0.4 is 0 Å². The van der Waals surface area contributed by atoms with Crippen LogP contribution in [-0.2, 0) is 9.32 Å². The predicted octanol–water partition coefficient (Wildman–Crippen LogP) is 5.00. The van der Waals surface area contributed by atoms with Gasteiger partial charge in [0.05, 0.1) is 0 Å². The average Bonchev–Trinajstić information content (AvgIpc) is 3.93. The Morgan fingerprint density at radius 1 is 0.385 bits per heavy atom. The van der Waals surface area contributed by atoms with E-state index in [2.05, 4.69) is 227 Å². The molecule has 0 aromatic heterocycles. The van der Waals surface area contributed by atoms with E-state index in [0.29, 0.717) is 0 Å². The molecule has 0 spiro atoms. The first kappa shape index (κ1) is 57.4. The first-order valence-electron chi connectivity index (χ1n) is 22.7. The fourth-order valence-corrected chi connectivity index (χ4v) is 27.1. The van der Waals surface area contributed by atoms with Crippen molar-refractivity contribution < 1.29 is 9.32 Å². The summed E-state index contributed by atoms with van der Waals surface area (Å²) in [5.41, 5.74) is 1.07. The minimum absolute atomic E-state index is 0.495. The third kappa shape index (κ3) is 9.79. The van der Waals surface area contributed by atoms with Crippen LogP contribution in [0.15, 0.2) is 19.1 Å². The van der Waals surface area contributed by atoms with Crippen molar-refractivity contribution >= 4 is 67.5 Å². The molecular weight excluding hydrogens is 915 g/mol. The van der Waals surface area contributed by atoms with Gasteiger partial charge in [0.15, 0.2) is 0 Å². The molecule has 65 heavy (non-hydrogen) atoms. The van der Waals surface area contributed by atoms with Gasteiger partial charge < -0.3 is 0 Å². The van der Waals surface area contributed by atoms with Crippen LogP contribution in [0.5, 0.6) is 0 Å². The predicted molar refractivity (Wildman–Crippen MR) is 289 cm³/mol. The van der Waals surface area contributed by atoms with Gasteiger partial charge in [0, 0.05) is 0 Å². The Kier molecular flexibility index (Phi) is 18.4. The van der Waals surface area contributed by atoms with Crippen molar-refractivity contribution in [2.75, 3.05) is 194 Å². The van der Waals surface area contributed by atoms with Gasteiger partial charge in [-0.05, 0) is 0 Å². The molecule has 0 aromatic carbocycles. The third-order valence-corrected chi connectivity index (χ3v) is 28.0. The molecule has 376 valence electrons. The van der Waals surface area contributed by atoms with E-state index >= 15 is 0 Å². The second-order valence-corrected chi connectivity index (χ2v) is 33.0. The zero-order valence-electron chi connectivity index (χ0n) is 45.4. The van der Waals surface area contributed by atoms with E-state index in [1.165, 1.54) is 6.92 Å². The molecule has 0 amide bonds. The number of carbonyl (C=O) groups excluding carboxylic acids is 1. The normalized spacial score (nSPS) is 29.0. The molecule has 23 heteroatoms. The Morgan fingerprint density at radius 3 is 0.677 bits per heavy atom. The SMILES string of the molecule is CC(=O)OP(N=C1P(N(C)C)CCC1(N(C)C)N(C)C)(N=C1P(N(C)C)CCC1(N(C)C)N(C)C)(N=C1P(N(C)C)CCC1(N(C)C)N(C)C)N=C1P(N(C)C)CCC1(N(C)C)N(C)C. The topological polar surface area (TPSA) is 115 Å². The fourth-order valence-electron chi connectivity index (χ4n) is 10.9. The summed E-state index contributed by atoms with van der Waals surface area (Å²) in [4.78, 5) is 33.4. The van der Waals surface area contributed by atoms with E-state index in [1.54, 1.807) is 0 Å². The standard InChI is InChI=1S/C42H91N16O2P5/c1-34(59)60-65(43-35-39(47(2)3,48(4)5)26-30-61(35)55(18)19,44-36-40(49(6)7,50(8)9)27-31-62(36)56(20)21,45-37-41(51(10)11,52(12)13)28-32-63(37)57(22)23)46-38-42(53(14)15,54(16)17)29-33-64(38)58(24)25/h26-33H2,1-25H3. The molecule has 0 N–H and O–H groups in total. The van der Waals surface area contributed by atoms with Crippen LogP contribution in [0.25, 0.3) is 0 Å². The van der Waals surface area contributed by atoms with Crippen molar-refractivity contribution in [2.45, 2.75) is 55.3 Å². The first-order valence-corrected chi connectivity index (χ1v) is 30.6. The van der Waals surface area contributed by atoms with Crippen LogP contribution in [0.2, 0.25) is 0 Å². The second-order valence-electron chi connectivity index (χ2n) is 20.4. The summed E-state index contributed by atoms with van der Waals surface area (Å²) in [6.07, 6.45) is 6.87. The van der Waals surface area contributed by atoms with Gasteiger partial charge in [0.25, 0.3) is 0 Å². The molecule has 4 fully saturated rings. The molecule has 4 heterocycles. The molecule has 0 aliphatic carbocycles. The van der Waals surface area contributed by atoms with Crippen molar-refractivity contribution in [1.29, 1.82) is 0 Å². The van der Waals surface area contributed by atoms with Crippen molar-refractivity contribution in [1.82, 2.24) is 57.9 Å². The van der Waals surface area contributed by atoms with E-state index in [4.69, 9.17) is 23.6 Å². The summed E-state index contributed by atoms with van der Waals surface area (Å²) in [5, 5.41) is 0. The fraction of sp³-hybridized carbons (Fsp3) is 0.881. The van der Waals surface area contributed by atoms with Gasteiger partial charge >= 0.3 is 403 Å². The van der Waals surface area contributed by atoms with Gasteiger partial charge in [-0.2, -0.15) is 0 Å². The number of hydrogen-bond donors (Lipinski definition) is 0. The monoisotopic (exact) mass is 1010 g/mol. The molecule has 18 nitrogen and oxygen atoms in total. The molecule has 0 bridgehead atoms. The van der Waals surface area contributed by atoms with Crippen LogP contribution in [0, 0.1) is 0 Å². The van der Waals surface area contributed by atoms with Crippen LogP contribution in [0.3, 0.4) is 0 Å². The Morgan fingerprint density at radius 2 is 0.554 bits per heavy atom. The quantitative estimate of drug-likeness (QED) is 0.144. The first-order chi connectivity index (χ1) is 29.8. The van der Waals surface area contributed by atoms with Crippen LogP contribution in [0.4, 0.5) is 0 Å². The van der Waals surface area contributed by atoms with E-state index in [0.717, 1.165) is 72.1 Å². The van der Waals surface area contributed by atoms with E-state index < -0.39 is 68.3 Å². The van der Waals surface area contributed by atoms with E-state index in [9.17, 15) is 4.79 Å². The summed E-state index contributed by atoms with van der Waals surface area (Å²) >= 11 is 0. The molecule has 4 rings (SSSR count). The van der Waals surface area contributed by atoms with Crippen molar-refractivity contribution in [3.63, 3.8) is 0 Å². The van der Waals surface area contributed by atoms with Crippen LogP contribution in [0.1, 0.15) is 32.6 Å². The zero-order valence-corrected chi connectivity index (χ0v) is 49.8. The molecule has 0 saturated carbocycles. The molecule has 4 saturated heterocycles. The maximum atomic E-state index is 15.0. The number of rotatable bonds is 17. The minimum atomic E-state index is -5.56. The Bertz CT molecular complexity index is 1560. The Hall–Kier alpha value is -0.180. The summed E-state index contributed by atoms with van der Waals surface area (Å²) in [6.45, 7) is 1.52. The van der Waals surface area contributed by atoms with E-state index in [1.807, 2.05) is 0 Å². The number of nitrogens with zero attached hydrogens (tertiary/aromatic N) is 16. The van der Waals surface area contributed by atoms with Crippen LogP contribution >= 0.6 is 39.7 Å². The van der Waals surface area contributed by atoms with E-state index in [-0.39, 0.29) is 0 Å². The molecule has 4 aliphatic rings. The maximum absolute atomic E-state index is 15.0. The molecule has 4 aliphatic heterocycles. The number of hydrogen-bond acceptors (Lipinski definition) is 18. The Labute approximate surface area is 401 Å². The molecule has 4 atom stereocenters.